The van der Waals surface area contributed by atoms with E-state index in [2.05, 4.69) is 53.5 Å². The summed E-state index contributed by atoms with van der Waals surface area (Å²) in [6, 6.07) is 23.1. The van der Waals surface area contributed by atoms with Crippen LogP contribution >= 0.6 is 0 Å². The van der Waals surface area contributed by atoms with Gasteiger partial charge >= 0.3 is 0 Å². The maximum Gasteiger partial charge on any atom is 0.223 e. The van der Waals surface area contributed by atoms with Crippen molar-refractivity contribution in [2.24, 2.45) is 0 Å². The third-order valence-electron chi connectivity index (χ3n) is 6.30. The lowest BCUT2D eigenvalue weighted by Gasteiger charge is -2.24. The second-order valence-corrected chi connectivity index (χ2v) is 8.36. The first-order valence-electron chi connectivity index (χ1n) is 11.1. The number of nitrogens with zero attached hydrogens (tertiary/aromatic N) is 2. The van der Waals surface area contributed by atoms with Crippen LogP contribution in [0.3, 0.4) is 0 Å². The van der Waals surface area contributed by atoms with Gasteiger partial charge in [-0.2, -0.15) is 0 Å². The van der Waals surface area contributed by atoms with Crippen molar-refractivity contribution < 1.29 is 4.79 Å². The van der Waals surface area contributed by atoms with Crippen LogP contribution in [-0.2, 0) is 17.6 Å². The van der Waals surface area contributed by atoms with Crippen molar-refractivity contribution >= 4 is 16.8 Å². The van der Waals surface area contributed by atoms with Crippen LogP contribution in [0.5, 0.6) is 0 Å². The molecule has 1 fully saturated rings. The predicted octanol–water partition coefficient (Wildman–Crippen LogP) is 5.45. The number of nitrogens with one attached hydrogen (secondary N) is 1. The zero-order valence-electron chi connectivity index (χ0n) is 17.6. The highest BCUT2D eigenvalue weighted by Gasteiger charge is 2.30. The fourth-order valence-corrected chi connectivity index (χ4v) is 4.67. The van der Waals surface area contributed by atoms with Gasteiger partial charge in [-0.05, 0) is 54.5 Å². The van der Waals surface area contributed by atoms with Gasteiger partial charge in [0.1, 0.15) is 0 Å². The summed E-state index contributed by atoms with van der Waals surface area (Å²) in [7, 11) is 0. The molecule has 1 aliphatic rings. The number of H-pyrrole nitrogens is 1. The van der Waals surface area contributed by atoms with Crippen LogP contribution in [0.2, 0.25) is 0 Å². The number of carbonyl (C=O) groups is 1. The number of likely N-dealkylation sites (tertiary alicyclic amines) is 1. The van der Waals surface area contributed by atoms with Crippen LogP contribution in [0.15, 0.2) is 79.1 Å². The highest BCUT2D eigenvalue weighted by atomic mass is 16.2. The molecule has 1 atom stereocenters. The maximum absolute atomic E-state index is 13.1. The largest absolute Gasteiger partial charge is 0.361 e. The van der Waals surface area contributed by atoms with E-state index >= 15 is 0 Å². The van der Waals surface area contributed by atoms with E-state index in [1.807, 2.05) is 35.5 Å². The Kier molecular flexibility index (Phi) is 5.53. The summed E-state index contributed by atoms with van der Waals surface area (Å²) in [4.78, 5) is 23.1. The van der Waals surface area contributed by atoms with Gasteiger partial charge < -0.3 is 9.88 Å². The standard InChI is InChI=1S/C27H27N3O/c31-27(15-13-22-19-29-24-10-5-4-9-23(22)24)30-16-6-11-26(30)25-14-12-21(18-28-25)17-20-7-2-1-3-8-20/h1-5,7-10,12,14,18-19,26,29H,6,11,13,15-17H2. The molecule has 0 radical (unpaired) electrons. The number of fused-ring (bicyclic) bond motifs is 1. The Morgan fingerprint density at radius 1 is 1.00 bits per heavy atom. The van der Waals surface area contributed by atoms with E-state index in [0.717, 1.165) is 43.4 Å². The lowest BCUT2D eigenvalue weighted by atomic mass is 10.0. The predicted molar refractivity (Wildman–Crippen MR) is 124 cm³/mol. The molecule has 4 aromatic rings. The number of para-hydroxylation sites is 1. The Labute approximate surface area is 182 Å². The molecule has 156 valence electrons. The summed E-state index contributed by atoms with van der Waals surface area (Å²) in [5.74, 6) is 0.225. The van der Waals surface area contributed by atoms with Gasteiger partial charge in [0.25, 0.3) is 0 Å². The first-order valence-corrected chi connectivity index (χ1v) is 11.1. The SMILES string of the molecule is O=C(CCc1c[nH]c2ccccc12)N1CCCC1c1ccc(Cc2ccccc2)cn1. The fourth-order valence-electron chi connectivity index (χ4n) is 4.67. The van der Waals surface area contributed by atoms with Crippen LogP contribution < -0.4 is 0 Å². The molecule has 1 aliphatic heterocycles. The van der Waals surface area contributed by atoms with Crippen LogP contribution in [-0.4, -0.2) is 27.3 Å². The van der Waals surface area contributed by atoms with Gasteiger partial charge in [0.2, 0.25) is 5.91 Å². The van der Waals surface area contributed by atoms with E-state index in [-0.39, 0.29) is 11.9 Å². The molecule has 0 spiro atoms. The fraction of sp³-hybridized carbons (Fsp3) is 0.259. The molecule has 4 heteroatoms. The second-order valence-electron chi connectivity index (χ2n) is 8.36. The number of hydrogen-bond acceptors (Lipinski definition) is 2. The maximum atomic E-state index is 13.1. The van der Waals surface area contributed by atoms with Crippen molar-refractivity contribution in [2.75, 3.05) is 6.54 Å². The van der Waals surface area contributed by atoms with Crippen molar-refractivity contribution in [1.82, 2.24) is 14.9 Å². The number of amides is 1. The zero-order valence-corrected chi connectivity index (χ0v) is 17.6. The van der Waals surface area contributed by atoms with E-state index < -0.39 is 0 Å². The number of pyridine rings is 1. The molecule has 1 N–H and O–H groups in total. The number of hydrogen-bond donors (Lipinski definition) is 1. The van der Waals surface area contributed by atoms with E-state index in [4.69, 9.17) is 4.98 Å². The second kappa shape index (κ2) is 8.76. The molecule has 2 aromatic heterocycles. The van der Waals surface area contributed by atoms with Gasteiger partial charge in [-0.1, -0.05) is 54.6 Å². The lowest BCUT2D eigenvalue weighted by Crippen LogP contribution is -2.31. The average molecular weight is 410 g/mol. The molecule has 3 heterocycles. The molecule has 31 heavy (non-hydrogen) atoms. The van der Waals surface area contributed by atoms with E-state index in [0.29, 0.717) is 6.42 Å². The number of carbonyl (C=O) groups excluding carboxylic acids is 1. The highest BCUT2D eigenvalue weighted by molar-refractivity contribution is 5.84. The number of aromatic nitrogens is 2. The van der Waals surface area contributed by atoms with Crippen molar-refractivity contribution in [3.63, 3.8) is 0 Å². The van der Waals surface area contributed by atoms with E-state index in [1.54, 1.807) is 0 Å². The van der Waals surface area contributed by atoms with Crippen molar-refractivity contribution in [2.45, 2.75) is 38.1 Å². The molecule has 4 nitrogen and oxygen atoms in total. The Morgan fingerprint density at radius 2 is 1.84 bits per heavy atom. The minimum atomic E-state index is 0.0984. The molecule has 5 rings (SSSR count). The first kappa shape index (κ1) is 19.6. The summed E-state index contributed by atoms with van der Waals surface area (Å²) < 4.78 is 0. The van der Waals surface area contributed by atoms with Crippen molar-refractivity contribution in [3.8, 4) is 0 Å². The van der Waals surface area contributed by atoms with Crippen molar-refractivity contribution in [3.05, 3.63) is 102 Å². The molecule has 2 aromatic carbocycles. The van der Waals surface area contributed by atoms with Gasteiger partial charge in [-0.15, -0.1) is 0 Å². The first-order chi connectivity index (χ1) is 15.3. The summed E-state index contributed by atoms with van der Waals surface area (Å²) in [5, 5.41) is 1.21. The Morgan fingerprint density at radius 3 is 2.68 bits per heavy atom. The Bertz CT molecular complexity index is 1160. The minimum absolute atomic E-state index is 0.0984. The molecule has 0 bridgehead atoms. The summed E-state index contributed by atoms with van der Waals surface area (Å²) in [6.07, 6.45) is 8.20. The van der Waals surface area contributed by atoms with Gasteiger partial charge in [0, 0.05) is 36.3 Å². The molecular weight excluding hydrogens is 382 g/mol. The molecule has 1 amide bonds. The normalized spacial score (nSPS) is 16.1. The van der Waals surface area contributed by atoms with Crippen molar-refractivity contribution in [1.29, 1.82) is 0 Å². The Balaban J connectivity index is 1.24. The monoisotopic (exact) mass is 409 g/mol. The van der Waals surface area contributed by atoms with E-state index in [1.165, 1.54) is 22.1 Å². The van der Waals surface area contributed by atoms with E-state index in [9.17, 15) is 4.79 Å². The van der Waals surface area contributed by atoms with Crippen LogP contribution in [0.1, 0.15) is 47.7 Å². The molecular formula is C27H27N3O. The molecule has 0 aliphatic carbocycles. The van der Waals surface area contributed by atoms with Gasteiger partial charge in [-0.3, -0.25) is 9.78 Å². The van der Waals surface area contributed by atoms with Gasteiger partial charge in [0.05, 0.1) is 11.7 Å². The summed E-state index contributed by atoms with van der Waals surface area (Å²) in [6.45, 7) is 0.824. The quantitative estimate of drug-likeness (QED) is 0.460. The third-order valence-corrected chi connectivity index (χ3v) is 6.30. The van der Waals surface area contributed by atoms with Gasteiger partial charge in [0.15, 0.2) is 0 Å². The third kappa shape index (κ3) is 4.24. The van der Waals surface area contributed by atoms with Crippen LogP contribution in [0.25, 0.3) is 10.9 Å². The number of benzene rings is 2. The smallest absolute Gasteiger partial charge is 0.223 e. The summed E-state index contributed by atoms with van der Waals surface area (Å²) >= 11 is 0. The minimum Gasteiger partial charge on any atom is -0.361 e. The molecule has 1 saturated heterocycles. The highest BCUT2D eigenvalue weighted by Crippen LogP contribution is 2.32. The summed E-state index contributed by atoms with van der Waals surface area (Å²) in [5.41, 5.74) is 5.83. The van der Waals surface area contributed by atoms with Gasteiger partial charge in [-0.25, -0.2) is 0 Å². The van der Waals surface area contributed by atoms with Crippen LogP contribution in [0, 0.1) is 0 Å². The molecule has 1 unspecified atom stereocenters. The zero-order chi connectivity index (χ0) is 21.0. The number of aryl methyl sites for hydroxylation is 1. The number of aromatic amines is 1. The number of rotatable bonds is 6. The topological polar surface area (TPSA) is 49.0 Å². The lowest BCUT2D eigenvalue weighted by molar-refractivity contribution is -0.132. The molecule has 0 saturated carbocycles. The average Bonchev–Trinajstić information content (AvgIpc) is 3.46. The van der Waals surface area contributed by atoms with Crippen LogP contribution in [0.4, 0.5) is 0 Å². The Hall–Kier alpha value is -3.40.